The summed E-state index contributed by atoms with van der Waals surface area (Å²) in [5.41, 5.74) is 1.65. The quantitative estimate of drug-likeness (QED) is 0.800. The second-order valence-corrected chi connectivity index (χ2v) is 6.75. The average Bonchev–Trinajstić information content (AvgIpc) is 3.16. The Bertz CT molecular complexity index is 904. The van der Waals surface area contributed by atoms with Crippen LogP contribution in [0.15, 0.2) is 40.5 Å². The van der Waals surface area contributed by atoms with E-state index in [-0.39, 0.29) is 17.4 Å². The van der Waals surface area contributed by atoms with E-state index in [0.717, 1.165) is 30.5 Å². The molecule has 3 aromatic rings. The molecule has 0 amide bonds. The van der Waals surface area contributed by atoms with Crippen molar-refractivity contribution in [2.75, 3.05) is 6.54 Å². The Morgan fingerprint density at radius 1 is 1.39 bits per heavy atom. The van der Waals surface area contributed by atoms with Gasteiger partial charge in [-0.15, -0.1) is 11.3 Å². The molecule has 1 aliphatic rings. The molecule has 1 aliphatic heterocycles. The fourth-order valence-corrected chi connectivity index (χ4v) is 4.02. The highest BCUT2D eigenvalue weighted by molar-refractivity contribution is 7.17. The number of hydrogen-bond donors (Lipinski definition) is 1. The van der Waals surface area contributed by atoms with Crippen molar-refractivity contribution in [3.8, 4) is 0 Å². The lowest BCUT2D eigenvalue weighted by Gasteiger charge is -2.24. The molecule has 118 valence electrons. The molecule has 6 heteroatoms. The van der Waals surface area contributed by atoms with Gasteiger partial charge in [-0.1, -0.05) is 12.1 Å². The van der Waals surface area contributed by atoms with E-state index in [9.17, 15) is 9.18 Å². The number of H-pyrrole nitrogens is 1. The third-order valence-electron chi connectivity index (χ3n) is 4.31. The zero-order valence-electron chi connectivity index (χ0n) is 12.5. The molecule has 1 fully saturated rings. The minimum Gasteiger partial charge on any atom is -0.308 e. The molecule has 1 atom stereocenters. The van der Waals surface area contributed by atoms with Crippen molar-refractivity contribution in [1.82, 2.24) is 14.9 Å². The molecule has 1 unspecified atom stereocenters. The third-order valence-corrected chi connectivity index (χ3v) is 5.22. The molecule has 0 spiro atoms. The maximum absolute atomic E-state index is 13.5. The van der Waals surface area contributed by atoms with Gasteiger partial charge in [-0.2, -0.15) is 0 Å². The van der Waals surface area contributed by atoms with Crippen LogP contribution in [0, 0.1) is 5.82 Å². The topological polar surface area (TPSA) is 49.0 Å². The van der Waals surface area contributed by atoms with Crippen LogP contribution in [0.4, 0.5) is 4.39 Å². The number of benzene rings is 1. The zero-order chi connectivity index (χ0) is 15.8. The number of fused-ring (bicyclic) bond motifs is 1. The maximum Gasteiger partial charge on any atom is 0.268 e. The van der Waals surface area contributed by atoms with Gasteiger partial charge in [-0.05, 0) is 48.5 Å². The molecule has 4 nitrogen and oxygen atoms in total. The highest BCUT2D eigenvalue weighted by atomic mass is 32.1. The van der Waals surface area contributed by atoms with Gasteiger partial charge in [0.2, 0.25) is 0 Å². The Labute approximate surface area is 136 Å². The summed E-state index contributed by atoms with van der Waals surface area (Å²) in [6.07, 6.45) is 2.06. The standard InChI is InChI=1S/C17H16FN3OS/c18-12-4-1-3-11(9-12)14-5-2-7-21(14)10-15-19-13-6-8-23-16(13)17(22)20-15/h1,3-4,6,8-9,14H,2,5,7,10H2,(H,19,20,22). The van der Waals surface area contributed by atoms with Gasteiger partial charge < -0.3 is 4.98 Å². The Morgan fingerprint density at radius 2 is 2.30 bits per heavy atom. The van der Waals surface area contributed by atoms with Crippen molar-refractivity contribution in [1.29, 1.82) is 0 Å². The maximum atomic E-state index is 13.5. The molecule has 1 aromatic carbocycles. The highest BCUT2D eigenvalue weighted by Gasteiger charge is 2.27. The summed E-state index contributed by atoms with van der Waals surface area (Å²) in [6, 6.07) is 8.82. The molecular weight excluding hydrogens is 313 g/mol. The van der Waals surface area contributed by atoms with Crippen LogP contribution in [0.5, 0.6) is 0 Å². The van der Waals surface area contributed by atoms with E-state index in [2.05, 4.69) is 14.9 Å². The summed E-state index contributed by atoms with van der Waals surface area (Å²) >= 11 is 1.40. The fourth-order valence-electron chi connectivity index (χ4n) is 3.30. The number of nitrogens with one attached hydrogen (secondary N) is 1. The minimum absolute atomic E-state index is 0.0819. The lowest BCUT2D eigenvalue weighted by atomic mass is 10.0. The van der Waals surface area contributed by atoms with Crippen molar-refractivity contribution < 1.29 is 4.39 Å². The SMILES string of the molecule is O=c1[nH]c(CN2CCCC2c2cccc(F)c2)nc2ccsc12. The van der Waals surface area contributed by atoms with Crippen molar-refractivity contribution in [3.05, 3.63) is 63.3 Å². The fraction of sp³-hybridized carbons (Fsp3) is 0.294. The first-order valence-electron chi connectivity index (χ1n) is 7.66. The van der Waals surface area contributed by atoms with Gasteiger partial charge >= 0.3 is 0 Å². The van der Waals surface area contributed by atoms with Crippen LogP contribution in [0.1, 0.15) is 30.3 Å². The van der Waals surface area contributed by atoms with Crippen LogP contribution < -0.4 is 5.56 Å². The first kappa shape index (κ1) is 14.5. The molecule has 0 radical (unpaired) electrons. The Hall–Kier alpha value is -2.05. The van der Waals surface area contributed by atoms with Crippen LogP contribution in [0.25, 0.3) is 10.2 Å². The molecular formula is C17H16FN3OS. The van der Waals surface area contributed by atoms with Gasteiger partial charge in [-0.3, -0.25) is 9.69 Å². The van der Waals surface area contributed by atoms with Crippen LogP contribution in [0.3, 0.4) is 0 Å². The van der Waals surface area contributed by atoms with Gasteiger partial charge in [0, 0.05) is 6.04 Å². The van der Waals surface area contributed by atoms with Crippen LogP contribution in [-0.2, 0) is 6.54 Å². The van der Waals surface area contributed by atoms with Crippen molar-refractivity contribution in [2.24, 2.45) is 0 Å². The van der Waals surface area contributed by atoms with Crippen LogP contribution in [0.2, 0.25) is 0 Å². The van der Waals surface area contributed by atoms with E-state index in [1.165, 1.54) is 17.4 Å². The predicted octanol–water partition coefficient (Wildman–Crippen LogP) is 3.46. The molecule has 0 bridgehead atoms. The summed E-state index contributed by atoms with van der Waals surface area (Å²) in [4.78, 5) is 21.8. The lowest BCUT2D eigenvalue weighted by Crippen LogP contribution is -2.25. The molecule has 4 rings (SSSR count). The third kappa shape index (κ3) is 2.80. The number of halogens is 1. The summed E-state index contributed by atoms with van der Waals surface area (Å²) in [5.74, 6) is 0.463. The predicted molar refractivity (Wildman–Crippen MR) is 89.0 cm³/mol. The van der Waals surface area contributed by atoms with Gasteiger partial charge in [-0.25, -0.2) is 9.37 Å². The summed E-state index contributed by atoms with van der Waals surface area (Å²) in [5, 5.41) is 1.88. The van der Waals surface area contributed by atoms with Gasteiger partial charge in [0.25, 0.3) is 5.56 Å². The van der Waals surface area contributed by atoms with E-state index in [1.54, 1.807) is 12.1 Å². The molecule has 23 heavy (non-hydrogen) atoms. The monoisotopic (exact) mass is 329 g/mol. The highest BCUT2D eigenvalue weighted by Crippen LogP contribution is 2.33. The van der Waals surface area contributed by atoms with Crippen LogP contribution in [-0.4, -0.2) is 21.4 Å². The number of aromatic nitrogens is 2. The van der Waals surface area contributed by atoms with E-state index in [4.69, 9.17) is 0 Å². The molecule has 1 saturated heterocycles. The van der Waals surface area contributed by atoms with E-state index in [1.807, 2.05) is 17.5 Å². The second kappa shape index (κ2) is 5.86. The smallest absolute Gasteiger partial charge is 0.268 e. The largest absolute Gasteiger partial charge is 0.308 e. The van der Waals surface area contributed by atoms with Gasteiger partial charge in [0.05, 0.1) is 12.1 Å². The molecule has 0 saturated carbocycles. The second-order valence-electron chi connectivity index (χ2n) is 5.83. The number of likely N-dealkylation sites (tertiary alicyclic amines) is 1. The number of hydrogen-bond acceptors (Lipinski definition) is 4. The zero-order valence-corrected chi connectivity index (χ0v) is 13.3. The van der Waals surface area contributed by atoms with Crippen molar-refractivity contribution in [3.63, 3.8) is 0 Å². The van der Waals surface area contributed by atoms with Gasteiger partial charge in [0.15, 0.2) is 0 Å². The van der Waals surface area contributed by atoms with Crippen molar-refractivity contribution in [2.45, 2.75) is 25.4 Å². The molecule has 1 N–H and O–H groups in total. The molecule has 2 aromatic heterocycles. The number of rotatable bonds is 3. The Balaban J connectivity index is 1.62. The van der Waals surface area contributed by atoms with Crippen LogP contribution >= 0.6 is 11.3 Å². The first-order valence-corrected chi connectivity index (χ1v) is 8.54. The van der Waals surface area contributed by atoms with E-state index >= 15 is 0 Å². The molecule has 3 heterocycles. The summed E-state index contributed by atoms with van der Waals surface area (Å²) in [7, 11) is 0. The Kier molecular flexibility index (Phi) is 3.71. The molecule has 0 aliphatic carbocycles. The first-order chi connectivity index (χ1) is 11.2. The summed E-state index contributed by atoms with van der Waals surface area (Å²) < 4.78 is 14.2. The Morgan fingerprint density at radius 3 is 3.17 bits per heavy atom. The lowest BCUT2D eigenvalue weighted by molar-refractivity contribution is 0.242. The van der Waals surface area contributed by atoms with Gasteiger partial charge in [0.1, 0.15) is 16.3 Å². The number of thiophene rings is 1. The average molecular weight is 329 g/mol. The van der Waals surface area contributed by atoms with E-state index < -0.39 is 0 Å². The number of nitrogens with zero attached hydrogens (tertiary/aromatic N) is 2. The normalized spacial score (nSPS) is 18.7. The minimum atomic E-state index is -0.208. The summed E-state index contributed by atoms with van der Waals surface area (Å²) in [6.45, 7) is 1.49. The number of aromatic amines is 1. The van der Waals surface area contributed by atoms with Crippen molar-refractivity contribution >= 4 is 21.6 Å². The van der Waals surface area contributed by atoms with E-state index in [0.29, 0.717) is 17.1 Å².